The predicted molar refractivity (Wildman–Crippen MR) is 57.7 cm³/mol. The third kappa shape index (κ3) is 2.01. The van der Waals surface area contributed by atoms with E-state index >= 15 is 0 Å². The molecule has 4 heteroatoms. The van der Waals surface area contributed by atoms with Crippen molar-refractivity contribution in [1.29, 1.82) is 0 Å². The molecule has 2 fully saturated rings. The minimum absolute atomic E-state index is 0.131. The molecular weight excluding hydrogens is 192 g/mol. The molecule has 0 bridgehead atoms. The molecule has 0 radical (unpaired) electrons. The van der Waals surface area contributed by atoms with Crippen molar-refractivity contribution in [3.8, 4) is 0 Å². The maximum atomic E-state index is 11.8. The summed E-state index contributed by atoms with van der Waals surface area (Å²) >= 11 is 0. The lowest BCUT2D eigenvalue weighted by atomic mass is 9.78. The lowest BCUT2D eigenvalue weighted by Crippen LogP contribution is -2.68. The van der Waals surface area contributed by atoms with Crippen LogP contribution in [0.15, 0.2) is 0 Å². The van der Waals surface area contributed by atoms with Gasteiger partial charge in [-0.05, 0) is 32.7 Å². The van der Waals surface area contributed by atoms with Crippen LogP contribution in [0.25, 0.3) is 0 Å². The van der Waals surface area contributed by atoms with Gasteiger partial charge in [0.25, 0.3) is 0 Å². The van der Waals surface area contributed by atoms with Crippen LogP contribution in [-0.4, -0.2) is 49.2 Å². The molecule has 86 valence electrons. The first-order valence-electron chi connectivity index (χ1n) is 5.87. The van der Waals surface area contributed by atoms with E-state index in [2.05, 4.69) is 5.32 Å². The van der Waals surface area contributed by atoms with Crippen LogP contribution in [0.2, 0.25) is 0 Å². The van der Waals surface area contributed by atoms with Crippen LogP contribution in [0.5, 0.6) is 0 Å². The topological polar surface area (TPSA) is 41.6 Å². The minimum atomic E-state index is 0.131. The molecule has 1 amide bonds. The highest BCUT2D eigenvalue weighted by molar-refractivity contribution is 5.79. The summed E-state index contributed by atoms with van der Waals surface area (Å²) in [5, 5.41) is 3.38. The molecule has 1 N–H and O–H groups in total. The molecule has 1 atom stereocenters. The smallest absolute Gasteiger partial charge is 0.249 e. The first-order valence-corrected chi connectivity index (χ1v) is 5.87. The van der Waals surface area contributed by atoms with Gasteiger partial charge in [-0.3, -0.25) is 4.79 Å². The summed E-state index contributed by atoms with van der Waals surface area (Å²) in [7, 11) is 0. The van der Waals surface area contributed by atoms with Gasteiger partial charge in [-0.1, -0.05) is 0 Å². The SMILES string of the molecule is CCOCC(=O)N1CC[C@]12CCCNC2. The third-order valence-corrected chi connectivity index (χ3v) is 3.55. The molecular formula is C11H20N2O2. The number of nitrogens with zero attached hydrogens (tertiary/aromatic N) is 1. The number of piperidine rings is 1. The largest absolute Gasteiger partial charge is 0.372 e. The lowest BCUT2D eigenvalue weighted by Gasteiger charge is -2.55. The fourth-order valence-electron chi connectivity index (χ4n) is 2.59. The Morgan fingerprint density at radius 1 is 1.53 bits per heavy atom. The Kier molecular flexibility index (Phi) is 3.26. The zero-order valence-corrected chi connectivity index (χ0v) is 9.42. The molecule has 0 aromatic heterocycles. The summed E-state index contributed by atoms with van der Waals surface area (Å²) in [6.07, 6.45) is 3.48. The number of nitrogens with one attached hydrogen (secondary N) is 1. The Balaban J connectivity index is 1.89. The van der Waals surface area contributed by atoms with Crippen molar-refractivity contribution in [1.82, 2.24) is 10.2 Å². The van der Waals surface area contributed by atoms with Gasteiger partial charge in [0.05, 0.1) is 5.54 Å². The van der Waals surface area contributed by atoms with Crippen LogP contribution in [0.3, 0.4) is 0 Å². The van der Waals surface area contributed by atoms with Crippen molar-refractivity contribution in [3.63, 3.8) is 0 Å². The summed E-state index contributed by atoms with van der Waals surface area (Å²) in [5.74, 6) is 0.159. The van der Waals surface area contributed by atoms with Gasteiger partial charge in [-0.2, -0.15) is 0 Å². The van der Waals surface area contributed by atoms with Crippen molar-refractivity contribution >= 4 is 5.91 Å². The highest BCUT2D eigenvalue weighted by atomic mass is 16.5. The molecule has 15 heavy (non-hydrogen) atoms. The van der Waals surface area contributed by atoms with E-state index in [1.54, 1.807) is 0 Å². The Bertz CT molecular complexity index is 237. The first kappa shape index (κ1) is 10.9. The van der Waals surface area contributed by atoms with E-state index in [4.69, 9.17) is 4.74 Å². The fourth-order valence-corrected chi connectivity index (χ4v) is 2.59. The molecule has 2 saturated heterocycles. The molecule has 4 nitrogen and oxygen atoms in total. The van der Waals surface area contributed by atoms with Gasteiger partial charge in [0.1, 0.15) is 6.61 Å². The predicted octanol–water partition coefficient (Wildman–Crippen LogP) is 0.377. The van der Waals surface area contributed by atoms with Crippen LogP contribution in [0.1, 0.15) is 26.2 Å². The van der Waals surface area contributed by atoms with Crippen LogP contribution in [0, 0.1) is 0 Å². The highest BCUT2D eigenvalue weighted by Crippen LogP contribution is 2.36. The fraction of sp³-hybridized carbons (Fsp3) is 0.909. The highest BCUT2D eigenvalue weighted by Gasteiger charge is 2.47. The Morgan fingerprint density at radius 2 is 2.40 bits per heavy atom. The molecule has 2 rings (SSSR count). The Morgan fingerprint density at radius 3 is 2.93 bits per heavy atom. The van der Waals surface area contributed by atoms with E-state index in [0.717, 1.165) is 32.5 Å². The van der Waals surface area contributed by atoms with Crippen molar-refractivity contribution in [2.45, 2.75) is 31.7 Å². The number of hydrogen-bond donors (Lipinski definition) is 1. The Hall–Kier alpha value is -0.610. The van der Waals surface area contributed by atoms with Crippen LogP contribution in [-0.2, 0) is 9.53 Å². The van der Waals surface area contributed by atoms with Crippen LogP contribution in [0.4, 0.5) is 0 Å². The van der Waals surface area contributed by atoms with Crippen LogP contribution >= 0.6 is 0 Å². The number of ether oxygens (including phenoxy) is 1. The molecule has 0 unspecified atom stereocenters. The van der Waals surface area contributed by atoms with E-state index in [1.165, 1.54) is 6.42 Å². The average Bonchev–Trinajstić information content (AvgIpc) is 2.26. The van der Waals surface area contributed by atoms with Gasteiger partial charge < -0.3 is 15.0 Å². The maximum Gasteiger partial charge on any atom is 0.249 e. The monoisotopic (exact) mass is 212 g/mol. The quantitative estimate of drug-likeness (QED) is 0.735. The number of amides is 1. The number of carbonyl (C=O) groups is 1. The number of carbonyl (C=O) groups excluding carboxylic acids is 1. The summed E-state index contributed by atoms with van der Waals surface area (Å²) < 4.78 is 5.17. The lowest BCUT2D eigenvalue weighted by molar-refractivity contribution is -0.154. The van der Waals surface area contributed by atoms with Gasteiger partial charge >= 0.3 is 0 Å². The molecule has 2 heterocycles. The normalized spacial score (nSPS) is 30.3. The second-order valence-electron chi connectivity index (χ2n) is 4.44. The van der Waals surface area contributed by atoms with Gasteiger partial charge in [-0.25, -0.2) is 0 Å². The van der Waals surface area contributed by atoms with E-state index in [-0.39, 0.29) is 18.1 Å². The molecule has 0 aliphatic carbocycles. The van der Waals surface area contributed by atoms with E-state index in [1.807, 2.05) is 11.8 Å². The van der Waals surface area contributed by atoms with E-state index < -0.39 is 0 Å². The Labute approximate surface area is 91.0 Å². The molecule has 0 aromatic rings. The second-order valence-corrected chi connectivity index (χ2v) is 4.44. The van der Waals surface area contributed by atoms with Crippen LogP contribution < -0.4 is 5.32 Å². The number of likely N-dealkylation sites (tertiary alicyclic amines) is 1. The van der Waals surface area contributed by atoms with Gasteiger partial charge in [-0.15, -0.1) is 0 Å². The van der Waals surface area contributed by atoms with E-state index in [0.29, 0.717) is 6.61 Å². The number of hydrogen-bond acceptors (Lipinski definition) is 3. The first-order chi connectivity index (χ1) is 7.28. The average molecular weight is 212 g/mol. The second kappa shape index (κ2) is 4.49. The van der Waals surface area contributed by atoms with Crippen molar-refractivity contribution < 1.29 is 9.53 Å². The summed E-state index contributed by atoms with van der Waals surface area (Å²) in [6.45, 7) is 5.75. The molecule has 1 spiro atoms. The molecule has 2 aliphatic heterocycles. The third-order valence-electron chi connectivity index (χ3n) is 3.55. The minimum Gasteiger partial charge on any atom is -0.372 e. The molecule has 0 aromatic carbocycles. The summed E-state index contributed by atoms with van der Waals surface area (Å²) in [5.41, 5.74) is 0.131. The molecule has 0 saturated carbocycles. The van der Waals surface area contributed by atoms with Crippen molar-refractivity contribution in [3.05, 3.63) is 0 Å². The molecule has 2 aliphatic rings. The van der Waals surface area contributed by atoms with E-state index in [9.17, 15) is 4.79 Å². The summed E-state index contributed by atoms with van der Waals surface area (Å²) in [6, 6.07) is 0. The standard InChI is InChI=1S/C11H20N2O2/c1-2-15-8-10(14)13-7-5-11(13)4-3-6-12-9-11/h12H,2-9H2,1H3/t11-/m0/s1. The number of rotatable bonds is 3. The van der Waals surface area contributed by atoms with Gasteiger partial charge in [0.2, 0.25) is 5.91 Å². The van der Waals surface area contributed by atoms with Crippen molar-refractivity contribution in [2.24, 2.45) is 0 Å². The maximum absolute atomic E-state index is 11.8. The zero-order valence-electron chi connectivity index (χ0n) is 9.42. The van der Waals surface area contributed by atoms with Gasteiger partial charge in [0.15, 0.2) is 0 Å². The summed E-state index contributed by atoms with van der Waals surface area (Å²) in [4.78, 5) is 13.8. The zero-order chi connectivity index (χ0) is 10.7. The van der Waals surface area contributed by atoms with Gasteiger partial charge in [0, 0.05) is 19.7 Å². The van der Waals surface area contributed by atoms with Crippen molar-refractivity contribution in [2.75, 3.05) is 32.8 Å².